The van der Waals surface area contributed by atoms with E-state index in [2.05, 4.69) is 23.8 Å². The van der Waals surface area contributed by atoms with Crippen LogP contribution in [0.1, 0.15) is 16.8 Å². The first-order valence-corrected chi connectivity index (χ1v) is 3.97. The van der Waals surface area contributed by atoms with Gasteiger partial charge in [-0.2, -0.15) is 0 Å². The second-order valence-electron chi connectivity index (χ2n) is 2.75. The maximum atomic E-state index is 4.25. The minimum atomic E-state index is 1.06. The fraction of sp³-hybridized carbons (Fsp3) is 0.300. The zero-order chi connectivity index (χ0) is 9.14. The maximum Gasteiger partial charge on any atom is 0.0474 e. The number of pyridine rings is 1. The molecule has 0 saturated carbocycles. The van der Waals surface area contributed by atoms with Crippen LogP contribution in [0.2, 0.25) is 0 Å². The minimum Gasteiger partial charge on any atom is -0.387 e. The van der Waals surface area contributed by atoms with Crippen molar-refractivity contribution in [2.24, 2.45) is 0 Å². The van der Waals surface area contributed by atoms with E-state index >= 15 is 0 Å². The molecular weight excluding hydrogens is 148 g/mol. The molecular formula is C10H14N2. The summed E-state index contributed by atoms with van der Waals surface area (Å²) in [5.74, 6) is 0. The van der Waals surface area contributed by atoms with E-state index in [1.807, 2.05) is 26.2 Å². The van der Waals surface area contributed by atoms with Crippen molar-refractivity contribution in [1.82, 2.24) is 4.98 Å². The first kappa shape index (κ1) is 8.78. The lowest BCUT2D eigenvalue weighted by Crippen LogP contribution is -1.98. The molecule has 0 bridgehead atoms. The number of aromatic nitrogens is 1. The van der Waals surface area contributed by atoms with Gasteiger partial charge in [0.2, 0.25) is 0 Å². The molecule has 0 aliphatic heterocycles. The van der Waals surface area contributed by atoms with Crippen molar-refractivity contribution < 1.29 is 0 Å². The Morgan fingerprint density at radius 2 is 2.17 bits per heavy atom. The van der Waals surface area contributed by atoms with E-state index in [1.54, 1.807) is 0 Å². The third-order valence-electron chi connectivity index (χ3n) is 2.07. The number of nitrogens with zero attached hydrogens (tertiary/aromatic N) is 1. The van der Waals surface area contributed by atoms with Crippen molar-refractivity contribution in [3.63, 3.8) is 0 Å². The van der Waals surface area contributed by atoms with Crippen LogP contribution in [0.4, 0.5) is 5.69 Å². The van der Waals surface area contributed by atoms with Gasteiger partial charge in [0.15, 0.2) is 0 Å². The van der Waals surface area contributed by atoms with Crippen molar-refractivity contribution >= 4 is 11.8 Å². The van der Waals surface area contributed by atoms with E-state index in [9.17, 15) is 0 Å². The third-order valence-corrected chi connectivity index (χ3v) is 2.07. The Kier molecular flexibility index (Phi) is 2.48. The van der Waals surface area contributed by atoms with E-state index in [-0.39, 0.29) is 0 Å². The molecule has 0 aromatic carbocycles. The summed E-state index contributed by atoms with van der Waals surface area (Å²) < 4.78 is 0. The van der Waals surface area contributed by atoms with E-state index in [1.165, 1.54) is 5.56 Å². The number of rotatable bonds is 2. The topological polar surface area (TPSA) is 24.9 Å². The highest BCUT2D eigenvalue weighted by molar-refractivity contribution is 5.68. The molecule has 1 aromatic rings. The molecule has 2 nitrogen and oxygen atoms in total. The van der Waals surface area contributed by atoms with E-state index in [0.717, 1.165) is 16.9 Å². The SMILES string of the molecule is C=Cc1cnc(C)c(C)c1NC. The van der Waals surface area contributed by atoms with E-state index < -0.39 is 0 Å². The molecule has 1 rings (SSSR count). The molecule has 1 N–H and O–H groups in total. The van der Waals surface area contributed by atoms with Gasteiger partial charge in [-0.05, 0) is 19.4 Å². The highest BCUT2D eigenvalue weighted by Crippen LogP contribution is 2.21. The highest BCUT2D eigenvalue weighted by atomic mass is 14.8. The molecule has 1 aromatic heterocycles. The summed E-state index contributed by atoms with van der Waals surface area (Å²) in [5.41, 5.74) is 4.43. The van der Waals surface area contributed by atoms with Crippen LogP contribution in [0.15, 0.2) is 12.8 Å². The van der Waals surface area contributed by atoms with Crippen LogP contribution >= 0.6 is 0 Å². The Balaban J connectivity index is 3.35. The standard InChI is InChI=1S/C10H14N2/c1-5-9-6-12-8(3)7(2)10(9)11-4/h5-6H,1H2,2-4H3,(H,11,12). The fourth-order valence-corrected chi connectivity index (χ4v) is 1.21. The maximum absolute atomic E-state index is 4.25. The van der Waals surface area contributed by atoms with Gasteiger partial charge in [0.05, 0.1) is 0 Å². The monoisotopic (exact) mass is 162 g/mol. The van der Waals surface area contributed by atoms with Gasteiger partial charge in [0.25, 0.3) is 0 Å². The molecule has 1 heterocycles. The molecule has 0 fully saturated rings. The van der Waals surface area contributed by atoms with Crippen LogP contribution in [0.3, 0.4) is 0 Å². The minimum absolute atomic E-state index is 1.06. The van der Waals surface area contributed by atoms with Crippen LogP contribution in [0.25, 0.3) is 6.08 Å². The van der Waals surface area contributed by atoms with Crippen LogP contribution in [0, 0.1) is 13.8 Å². The van der Waals surface area contributed by atoms with Crippen LogP contribution in [-0.4, -0.2) is 12.0 Å². The molecule has 2 heteroatoms. The summed E-state index contributed by atoms with van der Waals surface area (Å²) in [4.78, 5) is 4.25. The van der Waals surface area contributed by atoms with Gasteiger partial charge >= 0.3 is 0 Å². The van der Waals surface area contributed by atoms with Crippen molar-refractivity contribution in [2.75, 3.05) is 12.4 Å². The first-order valence-electron chi connectivity index (χ1n) is 3.97. The van der Waals surface area contributed by atoms with E-state index in [4.69, 9.17) is 0 Å². The predicted molar refractivity (Wildman–Crippen MR) is 53.3 cm³/mol. The summed E-state index contributed by atoms with van der Waals surface area (Å²) in [5, 5.41) is 3.14. The zero-order valence-corrected chi connectivity index (χ0v) is 7.81. The summed E-state index contributed by atoms with van der Waals surface area (Å²) in [6.45, 7) is 7.79. The lowest BCUT2D eigenvalue weighted by molar-refractivity contribution is 1.14. The Morgan fingerprint density at radius 3 is 2.67 bits per heavy atom. The van der Waals surface area contributed by atoms with Crippen molar-refractivity contribution in [2.45, 2.75) is 13.8 Å². The molecule has 0 aliphatic rings. The van der Waals surface area contributed by atoms with Gasteiger partial charge in [-0.3, -0.25) is 4.98 Å². The number of hydrogen-bond donors (Lipinski definition) is 1. The largest absolute Gasteiger partial charge is 0.387 e. The number of hydrogen-bond acceptors (Lipinski definition) is 2. The summed E-state index contributed by atoms with van der Waals surface area (Å²) in [7, 11) is 1.91. The smallest absolute Gasteiger partial charge is 0.0474 e. The molecule has 0 atom stereocenters. The Bertz CT molecular complexity index is 303. The summed E-state index contributed by atoms with van der Waals surface area (Å²) in [6.07, 6.45) is 3.65. The lowest BCUT2D eigenvalue weighted by atomic mass is 10.1. The number of anilines is 1. The molecule has 0 unspecified atom stereocenters. The van der Waals surface area contributed by atoms with Crippen molar-refractivity contribution in [3.05, 3.63) is 29.6 Å². The van der Waals surface area contributed by atoms with Gasteiger partial charge in [-0.25, -0.2) is 0 Å². The molecule has 0 spiro atoms. The summed E-state index contributed by atoms with van der Waals surface area (Å²) in [6, 6.07) is 0. The first-order chi connectivity index (χ1) is 5.70. The average Bonchev–Trinajstić information content (AvgIpc) is 2.09. The fourth-order valence-electron chi connectivity index (χ4n) is 1.21. The van der Waals surface area contributed by atoms with Crippen molar-refractivity contribution in [1.29, 1.82) is 0 Å². The van der Waals surface area contributed by atoms with Crippen LogP contribution in [0.5, 0.6) is 0 Å². The van der Waals surface area contributed by atoms with Crippen molar-refractivity contribution in [3.8, 4) is 0 Å². The van der Waals surface area contributed by atoms with Gasteiger partial charge in [0, 0.05) is 30.2 Å². The number of aryl methyl sites for hydroxylation is 1. The molecule has 0 amide bonds. The Morgan fingerprint density at radius 1 is 1.50 bits per heavy atom. The summed E-state index contributed by atoms with van der Waals surface area (Å²) >= 11 is 0. The van der Waals surface area contributed by atoms with Gasteiger partial charge in [0.1, 0.15) is 0 Å². The van der Waals surface area contributed by atoms with Gasteiger partial charge in [-0.15, -0.1) is 0 Å². The third kappa shape index (κ3) is 1.33. The molecule has 0 aliphatic carbocycles. The highest BCUT2D eigenvalue weighted by Gasteiger charge is 2.03. The average molecular weight is 162 g/mol. The molecule has 64 valence electrons. The lowest BCUT2D eigenvalue weighted by Gasteiger charge is -2.10. The quantitative estimate of drug-likeness (QED) is 0.722. The van der Waals surface area contributed by atoms with Gasteiger partial charge in [-0.1, -0.05) is 12.7 Å². The zero-order valence-electron chi connectivity index (χ0n) is 7.81. The van der Waals surface area contributed by atoms with Gasteiger partial charge < -0.3 is 5.32 Å². The van der Waals surface area contributed by atoms with Crippen LogP contribution in [-0.2, 0) is 0 Å². The Labute approximate surface area is 73.3 Å². The van der Waals surface area contributed by atoms with E-state index in [0.29, 0.717) is 0 Å². The normalized spacial score (nSPS) is 9.58. The number of nitrogens with one attached hydrogen (secondary N) is 1. The molecule has 12 heavy (non-hydrogen) atoms. The molecule has 0 saturated heterocycles. The Hall–Kier alpha value is -1.31. The second-order valence-corrected chi connectivity index (χ2v) is 2.75. The second kappa shape index (κ2) is 3.39. The predicted octanol–water partition coefficient (Wildman–Crippen LogP) is 2.38. The van der Waals surface area contributed by atoms with Crippen LogP contribution < -0.4 is 5.32 Å². The molecule has 0 radical (unpaired) electrons.